The lowest BCUT2D eigenvalue weighted by Gasteiger charge is -2.36. The molecule has 0 bridgehead atoms. The zero-order valence-corrected chi connectivity index (χ0v) is 17.9. The number of ether oxygens (including phenoxy) is 2. The van der Waals surface area contributed by atoms with E-state index in [2.05, 4.69) is 10.6 Å². The molecule has 1 aromatic carbocycles. The lowest BCUT2D eigenvalue weighted by molar-refractivity contribution is -0.0531. The van der Waals surface area contributed by atoms with Gasteiger partial charge in [-0.1, -0.05) is 6.07 Å². The molecule has 160 valence electrons. The highest BCUT2D eigenvalue weighted by Crippen LogP contribution is 2.25. The van der Waals surface area contributed by atoms with Crippen molar-refractivity contribution in [1.82, 2.24) is 9.80 Å². The number of nitrogens with one attached hydrogen (secondary N) is 2. The van der Waals surface area contributed by atoms with Crippen LogP contribution in [0.1, 0.15) is 33.3 Å². The third-order valence-electron chi connectivity index (χ3n) is 5.07. The fraction of sp³-hybridized carbons (Fsp3) is 0.619. The first-order valence-electron chi connectivity index (χ1n) is 10.2. The minimum atomic E-state index is -0.194. The molecule has 4 amide bonds. The molecule has 0 radical (unpaired) electrons. The number of nitrogens with zero attached hydrogens (tertiary/aromatic N) is 2. The van der Waals surface area contributed by atoms with Gasteiger partial charge in [0.2, 0.25) is 0 Å². The van der Waals surface area contributed by atoms with Crippen LogP contribution in [0.2, 0.25) is 0 Å². The summed E-state index contributed by atoms with van der Waals surface area (Å²) in [6, 6.07) is 5.21. The molecular weight excluding hydrogens is 372 g/mol. The van der Waals surface area contributed by atoms with Crippen molar-refractivity contribution in [2.75, 3.05) is 36.8 Å². The quantitative estimate of drug-likeness (QED) is 0.792. The molecular formula is C21H32N4O4. The summed E-state index contributed by atoms with van der Waals surface area (Å²) in [4.78, 5) is 29.1. The molecule has 0 aliphatic carbocycles. The van der Waals surface area contributed by atoms with Gasteiger partial charge in [-0.05, 0) is 52.3 Å². The number of carbonyl (C=O) groups excluding carboxylic acids is 2. The molecule has 2 N–H and O–H groups in total. The summed E-state index contributed by atoms with van der Waals surface area (Å²) in [6.45, 7) is 11.9. The molecule has 0 saturated carbocycles. The van der Waals surface area contributed by atoms with Gasteiger partial charge in [0.15, 0.2) is 0 Å². The van der Waals surface area contributed by atoms with Crippen molar-refractivity contribution in [1.29, 1.82) is 0 Å². The third-order valence-corrected chi connectivity index (χ3v) is 5.07. The van der Waals surface area contributed by atoms with E-state index in [0.717, 1.165) is 5.56 Å². The Morgan fingerprint density at radius 3 is 1.66 bits per heavy atom. The molecule has 3 rings (SSSR count). The zero-order valence-electron chi connectivity index (χ0n) is 17.9. The summed E-state index contributed by atoms with van der Waals surface area (Å²) < 4.78 is 11.4. The number of aryl methyl sites for hydroxylation is 1. The Labute approximate surface area is 172 Å². The highest BCUT2D eigenvalue weighted by Gasteiger charge is 2.28. The number of hydrogen-bond donors (Lipinski definition) is 2. The van der Waals surface area contributed by atoms with E-state index in [4.69, 9.17) is 9.47 Å². The summed E-state index contributed by atoms with van der Waals surface area (Å²) in [7, 11) is 0. The fourth-order valence-corrected chi connectivity index (χ4v) is 3.95. The van der Waals surface area contributed by atoms with E-state index in [0.29, 0.717) is 37.6 Å². The normalized spacial score (nSPS) is 27.5. The first kappa shape index (κ1) is 21.4. The van der Waals surface area contributed by atoms with Gasteiger partial charge in [0.05, 0.1) is 35.8 Å². The third kappa shape index (κ3) is 5.61. The van der Waals surface area contributed by atoms with Crippen molar-refractivity contribution in [3.05, 3.63) is 23.8 Å². The van der Waals surface area contributed by atoms with E-state index in [1.54, 1.807) is 9.80 Å². The van der Waals surface area contributed by atoms with Gasteiger partial charge >= 0.3 is 12.1 Å². The second kappa shape index (κ2) is 9.00. The highest BCUT2D eigenvalue weighted by atomic mass is 16.5. The Kier molecular flexibility index (Phi) is 6.64. The monoisotopic (exact) mass is 404 g/mol. The predicted molar refractivity (Wildman–Crippen MR) is 112 cm³/mol. The smallest absolute Gasteiger partial charge is 0.322 e. The van der Waals surface area contributed by atoms with Gasteiger partial charge in [-0.3, -0.25) is 0 Å². The molecule has 4 atom stereocenters. The topological polar surface area (TPSA) is 83.1 Å². The summed E-state index contributed by atoms with van der Waals surface area (Å²) in [5.41, 5.74) is 2.16. The van der Waals surface area contributed by atoms with Crippen LogP contribution in [0.5, 0.6) is 0 Å². The Hall–Kier alpha value is -2.32. The van der Waals surface area contributed by atoms with Crippen molar-refractivity contribution < 1.29 is 19.1 Å². The Morgan fingerprint density at radius 1 is 0.793 bits per heavy atom. The molecule has 2 aliphatic rings. The molecule has 8 nitrogen and oxygen atoms in total. The van der Waals surface area contributed by atoms with E-state index in [9.17, 15) is 9.59 Å². The molecule has 2 aliphatic heterocycles. The number of amides is 4. The van der Waals surface area contributed by atoms with Crippen molar-refractivity contribution in [2.45, 2.75) is 59.0 Å². The van der Waals surface area contributed by atoms with Crippen molar-refractivity contribution in [3.8, 4) is 0 Å². The molecule has 29 heavy (non-hydrogen) atoms. The van der Waals surface area contributed by atoms with Gasteiger partial charge in [-0.2, -0.15) is 0 Å². The summed E-state index contributed by atoms with van der Waals surface area (Å²) in [5, 5.41) is 5.91. The number of benzene rings is 1. The minimum absolute atomic E-state index is 0.00742. The summed E-state index contributed by atoms with van der Waals surface area (Å²) in [6.07, 6.45) is -0.0306. The summed E-state index contributed by atoms with van der Waals surface area (Å²) >= 11 is 0. The molecule has 0 unspecified atom stereocenters. The van der Waals surface area contributed by atoms with Crippen LogP contribution in [0.4, 0.5) is 21.0 Å². The zero-order chi connectivity index (χ0) is 21.1. The van der Waals surface area contributed by atoms with Crippen LogP contribution in [0.25, 0.3) is 0 Å². The first-order chi connectivity index (χ1) is 13.7. The van der Waals surface area contributed by atoms with Crippen LogP contribution in [0.3, 0.4) is 0 Å². The van der Waals surface area contributed by atoms with Gasteiger partial charge in [-0.25, -0.2) is 9.59 Å². The molecule has 0 spiro atoms. The predicted octanol–water partition coefficient (Wildman–Crippen LogP) is 3.28. The van der Waals surface area contributed by atoms with Crippen LogP contribution >= 0.6 is 0 Å². The fourth-order valence-electron chi connectivity index (χ4n) is 3.95. The number of rotatable bonds is 2. The minimum Gasteiger partial charge on any atom is -0.372 e. The van der Waals surface area contributed by atoms with Crippen molar-refractivity contribution in [3.63, 3.8) is 0 Å². The average Bonchev–Trinajstić information content (AvgIpc) is 2.62. The van der Waals surface area contributed by atoms with E-state index >= 15 is 0 Å². The largest absolute Gasteiger partial charge is 0.372 e. The van der Waals surface area contributed by atoms with Gasteiger partial charge in [0, 0.05) is 26.2 Å². The molecule has 2 heterocycles. The number of hydrogen-bond acceptors (Lipinski definition) is 4. The highest BCUT2D eigenvalue weighted by molar-refractivity contribution is 5.98. The van der Waals surface area contributed by atoms with Gasteiger partial charge in [-0.15, -0.1) is 0 Å². The van der Waals surface area contributed by atoms with Crippen LogP contribution in [0, 0.1) is 6.92 Å². The van der Waals surface area contributed by atoms with Crippen LogP contribution in [-0.2, 0) is 9.47 Å². The maximum absolute atomic E-state index is 12.8. The number of anilines is 2. The SMILES string of the molecule is Cc1ccc(NC(=O)N2C[C@@H](C)O[C@@H](C)C2)c(NC(=O)N2C[C@H](C)O[C@@H](C)C2)c1. The molecule has 1 aromatic rings. The van der Waals surface area contributed by atoms with Gasteiger partial charge < -0.3 is 29.9 Å². The van der Waals surface area contributed by atoms with Crippen LogP contribution in [-0.4, -0.2) is 72.5 Å². The number of urea groups is 2. The molecule has 2 saturated heterocycles. The second-order valence-corrected chi connectivity index (χ2v) is 8.23. The maximum atomic E-state index is 12.8. The first-order valence-corrected chi connectivity index (χ1v) is 10.2. The average molecular weight is 405 g/mol. The van der Waals surface area contributed by atoms with Crippen LogP contribution < -0.4 is 10.6 Å². The Morgan fingerprint density at radius 2 is 1.21 bits per heavy atom. The van der Waals surface area contributed by atoms with E-state index in [1.807, 2.05) is 52.8 Å². The van der Waals surface area contributed by atoms with Crippen molar-refractivity contribution >= 4 is 23.4 Å². The second-order valence-electron chi connectivity index (χ2n) is 8.23. The van der Waals surface area contributed by atoms with Gasteiger partial charge in [0.1, 0.15) is 0 Å². The molecule has 2 fully saturated rings. The lowest BCUT2D eigenvalue weighted by atomic mass is 10.2. The van der Waals surface area contributed by atoms with E-state index in [-0.39, 0.29) is 36.5 Å². The lowest BCUT2D eigenvalue weighted by Crippen LogP contribution is -2.50. The van der Waals surface area contributed by atoms with Crippen LogP contribution in [0.15, 0.2) is 18.2 Å². The molecule has 8 heteroatoms. The standard InChI is InChI=1S/C21H32N4O4/c1-13-6-7-18(22-20(26)24-9-14(2)28-15(3)10-24)19(8-13)23-21(27)25-11-16(4)29-17(5)12-25/h6-8,14-17H,9-12H2,1-5H3,(H,22,26)(H,23,27)/t14-,15+,16-,17-/m0/s1. The number of carbonyl (C=O) groups is 2. The molecule has 0 aromatic heterocycles. The Balaban J connectivity index is 1.70. The number of morpholine rings is 2. The summed E-state index contributed by atoms with van der Waals surface area (Å²) in [5.74, 6) is 0. The van der Waals surface area contributed by atoms with Gasteiger partial charge in [0.25, 0.3) is 0 Å². The Bertz CT molecular complexity index is 736. The van der Waals surface area contributed by atoms with E-state index < -0.39 is 0 Å². The maximum Gasteiger partial charge on any atom is 0.322 e. The van der Waals surface area contributed by atoms with Crippen molar-refractivity contribution in [2.24, 2.45) is 0 Å². The van der Waals surface area contributed by atoms with E-state index in [1.165, 1.54) is 0 Å².